The maximum Gasteiger partial charge on any atom is 0.350 e. The Morgan fingerprint density at radius 1 is 1.27 bits per heavy atom. The van der Waals surface area contributed by atoms with Crippen LogP contribution in [0.3, 0.4) is 0 Å². The summed E-state index contributed by atoms with van der Waals surface area (Å²) in [5.74, 6) is 0.771. The van der Waals surface area contributed by atoms with Gasteiger partial charge in [0.2, 0.25) is 0 Å². The highest BCUT2D eigenvalue weighted by molar-refractivity contribution is 7.14. The van der Waals surface area contributed by atoms with Crippen LogP contribution in [-0.4, -0.2) is 45.0 Å². The van der Waals surface area contributed by atoms with Crippen molar-refractivity contribution >= 4 is 28.2 Å². The molecule has 0 aromatic carbocycles. The third kappa shape index (κ3) is 2.47. The summed E-state index contributed by atoms with van der Waals surface area (Å²) in [6.07, 6.45) is 3.18. The van der Waals surface area contributed by atoms with Crippen molar-refractivity contribution < 1.29 is 9.18 Å². The fourth-order valence-corrected chi connectivity index (χ4v) is 3.97. The fraction of sp³-hybridized carbons (Fsp3) is 0.294. The number of amides is 1. The molecule has 1 saturated heterocycles. The molecule has 5 rings (SSSR count). The zero-order chi connectivity index (χ0) is 17.7. The zero-order valence-corrected chi connectivity index (χ0v) is 14.6. The van der Waals surface area contributed by atoms with E-state index in [9.17, 15) is 9.18 Å². The van der Waals surface area contributed by atoms with Gasteiger partial charge in [-0.3, -0.25) is 9.88 Å². The van der Waals surface area contributed by atoms with E-state index in [2.05, 4.69) is 15.1 Å². The first-order chi connectivity index (χ1) is 12.7. The van der Waals surface area contributed by atoms with Gasteiger partial charge >= 0.3 is 6.03 Å². The molecule has 1 atom stereocenters. The molecule has 26 heavy (non-hydrogen) atoms. The maximum atomic E-state index is 13.3. The topological polar surface area (TPSA) is 67.2 Å². The maximum absolute atomic E-state index is 13.3. The number of halogens is 1. The monoisotopic (exact) mass is 370 g/mol. The number of anilines is 2. The van der Waals surface area contributed by atoms with E-state index in [1.54, 1.807) is 22.8 Å². The summed E-state index contributed by atoms with van der Waals surface area (Å²) >= 11 is 1.42. The van der Waals surface area contributed by atoms with Gasteiger partial charge in [-0.05, 0) is 24.6 Å². The molecule has 0 aliphatic carbocycles. The molecule has 0 radical (unpaired) electrons. The molecule has 2 aliphatic heterocycles. The van der Waals surface area contributed by atoms with Gasteiger partial charge in [0.25, 0.3) is 0 Å². The lowest BCUT2D eigenvalue weighted by molar-refractivity contribution is 0.248. The number of thiazole rings is 1. The Balaban J connectivity index is 1.37. The van der Waals surface area contributed by atoms with Gasteiger partial charge in [-0.25, -0.2) is 14.2 Å². The van der Waals surface area contributed by atoms with E-state index >= 15 is 0 Å². The normalized spacial score (nSPS) is 19.4. The number of carbonyl (C=O) groups is 1. The molecule has 3 aromatic heterocycles. The number of hydrogen-bond donors (Lipinski definition) is 0. The molecule has 132 valence electrons. The van der Waals surface area contributed by atoms with Crippen LogP contribution in [0, 0.1) is 0 Å². The number of fused-ring (bicyclic) bond motifs is 1. The summed E-state index contributed by atoms with van der Waals surface area (Å²) in [4.78, 5) is 24.6. The second-order valence-corrected chi connectivity index (χ2v) is 7.24. The third-order valence-electron chi connectivity index (χ3n) is 4.70. The van der Waals surface area contributed by atoms with Crippen LogP contribution >= 0.6 is 11.3 Å². The van der Waals surface area contributed by atoms with Crippen LogP contribution in [0.25, 0.3) is 11.3 Å². The molecule has 9 heteroatoms. The highest BCUT2D eigenvalue weighted by atomic mass is 32.1. The highest BCUT2D eigenvalue weighted by Gasteiger charge is 2.31. The molecule has 0 saturated carbocycles. The van der Waals surface area contributed by atoms with Crippen LogP contribution in [0.2, 0.25) is 0 Å². The second-order valence-electron chi connectivity index (χ2n) is 6.38. The number of carbonyl (C=O) groups excluding carboxylic acids is 1. The second kappa shape index (κ2) is 5.87. The van der Waals surface area contributed by atoms with Crippen molar-refractivity contribution in [1.29, 1.82) is 0 Å². The van der Waals surface area contributed by atoms with Gasteiger partial charge < -0.3 is 4.90 Å². The van der Waals surface area contributed by atoms with E-state index in [1.807, 2.05) is 23.1 Å². The average Bonchev–Trinajstić information content (AvgIpc) is 3.41. The first-order valence-corrected chi connectivity index (χ1v) is 9.22. The standard InChI is InChI=1S/C17H15FN6OS/c18-12-3-4-22(8-12)15-2-1-11(6-20-15)14-5-13-9-23(16-7-19-10-26-16)17(25)24(13)21-14/h1-2,5-7,10,12H,3-4,8-9H2/t12-/m1/s1. The van der Waals surface area contributed by atoms with Crippen molar-refractivity contribution in [1.82, 2.24) is 19.7 Å². The summed E-state index contributed by atoms with van der Waals surface area (Å²) in [5.41, 5.74) is 4.08. The van der Waals surface area contributed by atoms with Gasteiger partial charge in [0.1, 0.15) is 17.0 Å². The number of rotatable bonds is 3. The minimum atomic E-state index is -0.778. The Bertz CT molecular complexity index is 954. The van der Waals surface area contributed by atoms with Crippen molar-refractivity contribution in [3.8, 4) is 11.3 Å². The van der Waals surface area contributed by atoms with E-state index in [0.717, 1.165) is 22.1 Å². The van der Waals surface area contributed by atoms with Gasteiger partial charge in [0, 0.05) is 18.3 Å². The SMILES string of the molecule is O=C1N(c2cncs2)Cc2cc(-c3ccc(N4CC[C@@H](F)C4)nc3)nn21. The molecular formula is C17H15FN6OS. The number of aromatic nitrogens is 4. The van der Waals surface area contributed by atoms with Gasteiger partial charge in [-0.1, -0.05) is 0 Å². The van der Waals surface area contributed by atoms with Crippen molar-refractivity contribution in [2.24, 2.45) is 0 Å². The first-order valence-electron chi connectivity index (χ1n) is 8.34. The quantitative estimate of drug-likeness (QED) is 0.709. The van der Waals surface area contributed by atoms with E-state index in [-0.39, 0.29) is 6.03 Å². The minimum absolute atomic E-state index is 0.175. The third-order valence-corrected chi connectivity index (χ3v) is 5.49. The van der Waals surface area contributed by atoms with Crippen LogP contribution in [0.5, 0.6) is 0 Å². The predicted octanol–water partition coefficient (Wildman–Crippen LogP) is 2.94. The minimum Gasteiger partial charge on any atom is -0.354 e. The van der Waals surface area contributed by atoms with Crippen LogP contribution in [-0.2, 0) is 6.54 Å². The van der Waals surface area contributed by atoms with E-state index < -0.39 is 6.17 Å². The Labute approximate surface area is 152 Å². The van der Waals surface area contributed by atoms with Crippen molar-refractivity contribution in [3.05, 3.63) is 41.8 Å². The van der Waals surface area contributed by atoms with E-state index in [4.69, 9.17) is 0 Å². The zero-order valence-electron chi connectivity index (χ0n) is 13.7. The Morgan fingerprint density at radius 2 is 2.19 bits per heavy atom. The lowest BCUT2D eigenvalue weighted by Crippen LogP contribution is -2.25. The van der Waals surface area contributed by atoms with Crippen molar-refractivity contribution in [2.75, 3.05) is 22.9 Å². The van der Waals surface area contributed by atoms with Gasteiger partial charge in [0.15, 0.2) is 0 Å². The number of hydrogen-bond acceptors (Lipinski definition) is 6. The molecule has 5 heterocycles. The molecule has 7 nitrogen and oxygen atoms in total. The van der Waals surface area contributed by atoms with Crippen LogP contribution in [0.4, 0.5) is 20.0 Å². The van der Waals surface area contributed by atoms with Crippen molar-refractivity contribution in [3.63, 3.8) is 0 Å². The Morgan fingerprint density at radius 3 is 2.85 bits per heavy atom. The lowest BCUT2D eigenvalue weighted by atomic mass is 10.2. The first kappa shape index (κ1) is 15.4. The fourth-order valence-electron chi connectivity index (χ4n) is 3.35. The smallest absolute Gasteiger partial charge is 0.350 e. The van der Waals surface area contributed by atoms with Gasteiger partial charge in [-0.2, -0.15) is 9.78 Å². The molecule has 0 N–H and O–H groups in total. The molecule has 0 bridgehead atoms. The lowest BCUT2D eigenvalue weighted by Gasteiger charge is -2.16. The Kier molecular flexibility index (Phi) is 3.49. The summed E-state index contributed by atoms with van der Waals surface area (Å²) in [7, 11) is 0. The number of pyridine rings is 1. The summed E-state index contributed by atoms with van der Waals surface area (Å²) in [6.45, 7) is 1.56. The number of nitrogens with zero attached hydrogens (tertiary/aromatic N) is 6. The molecular weight excluding hydrogens is 355 g/mol. The summed E-state index contributed by atoms with van der Waals surface area (Å²) in [5, 5.41) is 5.25. The molecule has 2 aliphatic rings. The number of alkyl halides is 1. The largest absolute Gasteiger partial charge is 0.354 e. The van der Waals surface area contributed by atoms with Crippen molar-refractivity contribution in [2.45, 2.75) is 19.1 Å². The average molecular weight is 370 g/mol. The molecule has 0 spiro atoms. The summed E-state index contributed by atoms with van der Waals surface area (Å²) in [6, 6.07) is 5.52. The van der Waals surface area contributed by atoms with Crippen LogP contribution in [0.1, 0.15) is 12.1 Å². The molecule has 3 aromatic rings. The predicted molar refractivity (Wildman–Crippen MR) is 96.3 cm³/mol. The highest BCUT2D eigenvalue weighted by Crippen LogP contribution is 2.30. The Hall–Kier alpha value is -2.81. The molecule has 1 fully saturated rings. The van der Waals surface area contributed by atoms with E-state index in [0.29, 0.717) is 31.7 Å². The molecule has 0 unspecified atom stereocenters. The van der Waals surface area contributed by atoms with Gasteiger partial charge in [0.05, 0.1) is 36.2 Å². The van der Waals surface area contributed by atoms with Crippen LogP contribution < -0.4 is 9.80 Å². The van der Waals surface area contributed by atoms with Crippen LogP contribution in [0.15, 0.2) is 36.1 Å². The van der Waals surface area contributed by atoms with E-state index in [1.165, 1.54) is 16.0 Å². The molecule has 1 amide bonds. The van der Waals surface area contributed by atoms with Gasteiger partial charge in [-0.15, -0.1) is 11.3 Å². The summed E-state index contributed by atoms with van der Waals surface area (Å²) < 4.78 is 14.8.